The molecule has 1 rings (SSSR count). The van der Waals surface area contributed by atoms with Crippen LogP contribution >= 0.6 is 0 Å². The summed E-state index contributed by atoms with van der Waals surface area (Å²) in [7, 11) is 7.26. The van der Waals surface area contributed by atoms with Crippen LogP contribution in [-0.4, -0.2) is 20.3 Å². The zero-order valence-electron chi connectivity index (χ0n) is 19.1. The first-order valence-electron chi connectivity index (χ1n) is 9.42. The molecule has 0 atom stereocenters. The number of nitrogen functional groups attached to an aromatic ring is 1. The van der Waals surface area contributed by atoms with Crippen molar-refractivity contribution in [2.45, 2.75) is 81.1 Å². The minimum Gasteiger partial charge on any atom is -0.398 e. The van der Waals surface area contributed by atoms with Crippen molar-refractivity contribution in [2.75, 3.05) is 12.8 Å². The highest BCUT2D eigenvalue weighted by Gasteiger charge is 2.11. The number of anilines is 1. The van der Waals surface area contributed by atoms with Crippen LogP contribution in [0.2, 0.25) is 0 Å². The van der Waals surface area contributed by atoms with Crippen molar-refractivity contribution in [1.29, 1.82) is 0 Å². The Balaban J connectivity index is 0. The van der Waals surface area contributed by atoms with Crippen LogP contribution in [0.1, 0.15) is 75.8 Å². The quantitative estimate of drug-likeness (QED) is 0.395. The Kier molecular flexibility index (Phi) is 12.4. The Bertz CT molecular complexity index is 591. The van der Waals surface area contributed by atoms with Gasteiger partial charge < -0.3 is 11.1 Å². The number of rotatable bonds is 3. The molecule has 2 nitrogen and oxygen atoms in total. The molecular formula is C23H41BN2. The maximum absolute atomic E-state index is 6.15. The third-order valence-electron chi connectivity index (χ3n) is 4.42. The number of hydrogen-bond acceptors (Lipinski definition) is 2. The van der Waals surface area contributed by atoms with Gasteiger partial charge in [0.05, 0.1) is 7.85 Å². The van der Waals surface area contributed by atoms with Crippen molar-refractivity contribution in [3.05, 3.63) is 45.5 Å². The van der Waals surface area contributed by atoms with Crippen LogP contribution in [0, 0.1) is 27.7 Å². The van der Waals surface area contributed by atoms with Gasteiger partial charge in [-0.1, -0.05) is 52.3 Å². The minimum atomic E-state index is -0.208. The Morgan fingerprint density at radius 1 is 1.04 bits per heavy atom. The normalized spacial score (nSPS) is 11.1. The average Bonchev–Trinajstić information content (AvgIpc) is 2.55. The van der Waals surface area contributed by atoms with E-state index in [2.05, 4.69) is 66.4 Å². The van der Waals surface area contributed by atoms with Gasteiger partial charge in [0, 0.05) is 5.69 Å². The predicted molar refractivity (Wildman–Crippen MR) is 123 cm³/mol. The third-order valence-corrected chi connectivity index (χ3v) is 4.42. The molecule has 0 fully saturated rings. The lowest BCUT2D eigenvalue weighted by atomic mass is 9.82. The molecule has 0 spiro atoms. The Morgan fingerprint density at radius 2 is 1.42 bits per heavy atom. The molecule has 1 aromatic carbocycles. The van der Waals surface area contributed by atoms with Crippen LogP contribution in [-0.2, 0) is 0 Å². The van der Waals surface area contributed by atoms with Gasteiger partial charge in [0.2, 0.25) is 0 Å². The summed E-state index contributed by atoms with van der Waals surface area (Å²) >= 11 is 0. The summed E-state index contributed by atoms with van der Waals surface area (Å²) in [6.45, 7) is 24.6. The van der Waals surface area contributed by atoms with Crippen molar-refractivity contribution in [2.24, 2.45) is 0 Å². The van der Waals surface area contributed by atoms with Crippen LogP contribution < -0.4 is 11.1 Å². The fraction of sp³-hybridized carbons (Fsp3) is 0.565. The molecule has 2 radical (unpaired) electrons. The number of allylic oxidation sites excluding steroid dienone is 2. The molecule has 0 amide bonds. The smallest absolute Gasteiger partial charge is 0.0945 e. The molecule has 0 saturated carbocycles. The van der Waals surface area contributed by atoms with Crippen LogP contribution in [0.5, 0.6) is 0 Å². The van der Waals surface area contributed by atoms with E-state index in [9.17, 15) is 0 Å². The second-order valence-corrected chi connectivity index (χ2v) is 7.61. The summed E-state index contributed by atoms with van der Waals surface area (Å²) < 4.78 is 0. The molecule has 0 unspecified atom stereocenters. The van der Waals surface area contributed by atoms with Gasteiger partial charge in [-0.2, -0.15) is 0 Å². The largest absolute Gasteiger partial charge is 0.398 e. The highest BCUT2D eigenvalue weighted by atomic mass is 14.9. The summed E-state index contributed by atoms with van der Waals surface area (Å²) in [4.78, 5) is 0. The maximum atomic E-state index is 6.15. The molecule has 0 aliphatic heterocycles. The van der Waals surface area contributed by atoms with E-state index < -0.39 is 0 Å². The zero-order chi connectivity index (χ0) is 21.2. The van der Waals surface area contributed by atoms with Gasteiger partial charge in [-0.15, -0.1) is 0 Å². The molecule has 3 N–H and O–H groups in total. The van der Waals surface area contributed by atoms with Crippen LogP contribution in [0.3, 0.4) is 0 Å². The number of nitrogens with one attached hydrogen (secondary N) is 1. The second kappa shape index (κ2) is 12.0. The number of benzene rings is 1. The molecule has 3 heteroatoms. The van der Waals surface area contributed by atoms with Gasteiger partial charge in [-0.3, -0.25) is 0 Å². The molecule has 0 aliphatic carbocycles. The van der Waals surface area contributed by atoms with Crippen molar-refractivity contribution in [3.8, 4) is 0 Å². The Morgan fingerprint density at radius 3 is 1.73 bits per heavy atom. The molecule has 26 heavy (non-hydrogen) atoms. The molecule has 0 heterocycles. The topological polar surface area (TPSA) is 38.0 Å². The standard InChI is InChI=1S/C16H23N.C4H10BN.C3H8/c1-9(2)10(3)8-15-12(5)11(4)13(6)16(17)14(15)7;1-4(2,5)6-3;1-3-2/h8H,1,17H2,2-7H3;6H,1-3H3;3H2,1-2H3/b10-8+;;. The van der Waals surface area contributed by atoms with Crippen molar-refractivity contribution < 1.29 is 0 Å². The zero-order valence-corrected chi connectivity index (χ0v) is 19.1. The van der Waals surface area contributed by atoms with Gasteiger partial charge in [-0.05, 0) is 87.4 Å². The van der Waals surface area contributed by atoms with Gasteiger partial charge in [0.1, 0.15) is 0 Å². The molecule has 0 bridgehead atoms. The van der Waals surface area contributed by atoms with Crippen LogP contribution in [0.15, 0.2) is 17.7 Å². The van der Waals surface area contributed by atoms with Crippen molar-refractivity contribution >= 4 is 19.6 Å². The fourth-order valence-corrected chi connectivity index (χ4v) is 1.95. The van der Waals surface area contributed by atoms with E-state index >= 15 is 0 Å². The molecular weight excluding hydrogens is 315 g/mol. The van der Waals surface area contributed by atoms with Gasteiger partial charge in [0.25, 0.3) is 0 Å². The number of nitrogens with two attached hydrogens (primary N) is 1. The highest BCUT2D eigenvalue weighted by Crippen LogP contribution is 2.30. The summed E-state index contributed by atoms with van der Waals surface area (Å²) in [5.74, 6) is 0. The van der Waals surface area contributed by atoms with E-state index in [1.807, 2.05) is 27.8 Å². The van der Waals surface area contributed by atoms with E-state index in [0.29, 0.717) is 0 Å². The first kappa shape index (κ1) is 26.8. The SMILES string of the molecule is C=C(C)/C(C)=C/c1c(C)c(C)c(C)c(N)c1C.CCC.[B]C(C)(C)NC. The minimum absolute atomic E-state index is 0.208. The summed E-state index contributed by atoms with van der Waals surface area (Å²) in [6.07, 6.45) is 3.44. The summed E-state index contributed by atoms with van der Waals surface area (Å²) in [6, 6.07) is 0. The lowest BCUT2D eigenvalue weighted by molar-refractivity contribution is 0.595. The van der Waals surface area contributed by atoms with Crippen molar-refractivity contribution in [3.63, 3.8) is 0 Å². The highest BCUT2D eigenvalue weighted by molar-refractivity contribution is 6.14. The van der Waals surface area contributed by atoms with E-state index in [4.69, 9.17) is 13.6 Å². The third kappa shape index (κ3) is 9.29. The second-order valence-electron chi connectivity index (χ2n) is 7.61. The van der Waals surface area contributed by atoms with Crippen LogP contribution in [0.4, 0.5) is 5.69 Å². The van der Waals surface area contributed by atoms with Gasteiger partial charge >= 0.3 is 0 Å². The summed E-state index contributed by atoms with van der Waals surface area (Å²) in [5.41, 5.74) is 15.4. The predicted octanol–water partition coefficient (Wildman–Crippen LogP) is 6.01. The van der Waals surface area contributed by atoms with Gasteiger partial charge in [-0.25, -0.2) is 0 Å². The van der Waals surface area contributed by atoms with E-state index in [1.165, 1.54) is 39.8 Å². The maximum Gasteiger partial charge on any atom is 0.0945 e. The average molecular weight is 356 g/mol. The Hall–Kier alpha value is -1.48. The molecule has 146 valence electrons. The molecule has 0 aromatic heterocycles. The van der Waals surface area contributed by atoms with Crippen LogP contribution in [0.25, 0.3) is 6.08 Å². The fourth-order valence-electron chi connectivity index (χ4n) is 1.95. The Labute approximate surface area is 164 Å². The molecule has 0 aliphatic rings. The van der Waals surface area contributed by atoms with E-state index in [0.717, 1.165) is 11.3 Å². The first-order valence-corrected chi connectivity index (χ1v) is 9.42. The first-order chi connectivity index (χ1) is 11.7. The number of hydrogen-bond donors (Lipinski definition) is 2. The summed E-state index contributed by atoms with van der Waals surface area (Å²) in [5, 5.41) is 2.88. The molecule has 1 aromatic rings. The monoisotopic (exact) mass is 356 g/mol. The van der Waals surface area contributed by atoms with Gasteiger partial charge in [0.15, 0.2) is 0 Å². The van der Waals surface area contributed by atoms with E-state index in [-0.39, 0.29) is 5.44 Å². The lowest BCUT2D eigenvalue weighted by Gasteiger charge is -2.16. The lowest BCUT2D eigenvalue weighted by Crippen LogP contribution is -2.36. The van der Waals surface area contributed by atoms with Crippen molar-refractivity contribution in [1.82, 2.24) is 5.32 Å². The van der Waals surface area contributed by atoms with E-state index in [1.54, 1.807) is 0 Å². The molecule has 0 saturated heterocycles.